The zero-order chi connectivity index (χ0) is 30.2. The minimum atomic E-state index is -4.38. The van der Waals surface area contributed by atoms with Gasteiger partial charge in [-0.1, -0.05) is 84.0 Å². The summed E-state index contributed by atoms with van der Waals surface area (Å²) in [6, 6.07) is 1.67. The molecule has 1 saturated heterocycles. The molecule has 1 aromatic heterocycles. The van der Waals surface area contributed by atoms with Gasteiger partial charge < -0.3 is 23.8 Å². The van der Waals surface area contributed by atoms with Gasteiger partial charge >= 0.3 is 19.8 Å². The number of hydrogen-bond donors (Lipinski definition) is 2. The highest BCUT2D eigenvalue weighted by Crippen LogP contribution is 2.46. The molecule has 0 aliphatic carbocycles. The van der Waals surface area contributed by atoms with Gasteiger partial charge in [0.25, 0.3) is 0 Å². The molecule has 1 aromatic rings. The van der Waals surface area contributed by atoms with Gasteiger partial charge in [-0.15, -0.1) is 0 Å². The van der Waals surface area contributed by atoms with Gasteiger partial charge in [0.05, 0.1) is 19.8 Å². The number of esters is 1. The van der Waals surface area contributed by atoms with E-state index in [9.17, 15) is 14.3 Å². The lowest BCUT2D eigenvalue weighted by Crippen LogP contribution is -2.39. The maximum atomic E-state index is 12.8. The SMILES string of the molecule is CCCCCCCCCCCCCCCC(=O)O[C@H]1[C@@H]2Oc3nc(=N)ccn3[C@@H]2O[C@@H]1COP(=O)(O)OCCOCC. The summed E-state index contributed by atoms with van der Waals surface area (Å²) < 4.78 is 46.9. The van der Waals surface area contributed by atoms with Gasteiger partial charge in [0.1, 0.15) is 6.10 Å². The number of phosphoric acid groups is 1. The Kier molecular flexibility index (Phi) is 15.5. The van der Waals surface area contributed by atoms with Gasteiger partial charge in [-0.05, 0) is 19.4 Å². The molecule has 0 radical (unpaired) electrons. The highest BCUT2D eigenvalue weighted by Gasteiger charge is 2.54. The molecule has 42 heavy (non-hydrogen) atoms. The summed E-state index contributed by atoms with van der Waals surface area (Å²) >= 11 is 0. The zero-order valence-corrected chi connectivity index (χ0v) is 26.1. The van der Waals surface area contributed by atoms with Gasteiger partial charge in [-0.25, -0.2) is 4.57 Å². The summed E-state index contributed by atoms with van der Waals surface area (Å²) in [4.78, 5) is 26.9. The van der Waals surface area contributed by atoms with Crippen LogP contribution in [-0.2, 0) is 32.6 Å². The van der Waals surface area contributed by atoms with E-state index in [1.807, 2.05) is 6.92 Å². The van der Waals surface area contributed by atoms with Crippen LogP contribution in [0.1, 0.15) is 110 Å². The van der Waals surface area contributed by atoms with Crippen LogP contribution in [0.5, 0.6) is 6.01 Å². The minimum Gasteiger partial charge on any atom is -0.455 e. The first-order chi connectivity index (χ1) is 20.3. The fourth-order valence-electron chi connectivity index (χ4n) is 5.21. The van der Waals surface area contributed by atoms with Crippen molar-refractivity contribution >= 4 is 13.8 Å². The number of ether oxygens (including phenoxy) is 4. The molecule has 5 atom stereocenters. The second-order valence-electron chi connectivity index (χ2n) is 10.9. The molecule has 3 rings (SSSR count). The number of unbranched alkanes of at least 4 members (excludes halogenated alkanes) is 12. The van der Waals surface area contributed by atoms with Crippen LogP contribution in [0.3, 0.4) is 0 Å². The summed E-state index contributed by atoms with van der Waals surface area (Å²) in [6.07, 6.45) is 14.5. The largest absolute Gasteiger partial charge is 0.472 e. The lowest BCUT2D eigenvalue weighted by molar-refractivity contribution is -0.156. The topological polar surface area (TPSA) is 151 Å². The van der Waals surface area contributed by atoms with E-state index in [4.69, 9.17) is 33.4 Å². The standard InChI is InChI=1S/C29H50N3O9P/c1-3-5-6-7-8-9-10-11-12-13-14-15-16-17-25(33)40-26-23(22-38-42(34,35)37-21-20-36-4-2)39-28-27(26)41-29-31-24(30)18-19-32(28)29/h18-19,23,26-28,30H,3-17,20-22H2,1-2H3,(H,34,35)/t23-,26-,27+,28-/m1/s1. The van der Waals surface area contributed by atoms with E-state index in [1.54, 1.807) is 10.8 Å². The number of nitrogens with zero attached hydrogens (tertiary/aromatic N) is 2. The van der Waals surface area contributed by atoms with Crippen LogP contribution in [0.15, 0.2) is 12.3 Å². The van der Waals surface area contributed by atoms with E-state index >= 15 is 0 Å². The minimum absolute atomic E-state index is 0.0301. The number of hydrogen-bond acceptors (Lipinski definition) is 10. The molecule has 1 fully saturated rings. The molecule has 240 valence electrons. The number of phosphoric ester groups is 1. The van der Waals surface area contributed by atoms with Crippen molar-refractivity contribution in [3.8, 4) is 6.01 Å². The molecule has 2 N–H and O–H groups in total. The molecule has 0 saturated carbocycles. The van der Waals surface area contributed by atoms with Crippen LogP contribution >= 0.6 is 7.82 Å². The predicted octanol–water partition coefficient (Wildman–Crippen LogP) is 5.58. The van der Waals surface area contributed by atoms with Crippen molar-refractivity contribution in [1.82, 2.24) is 9.55 Å². The molecule has 12 nitrogen and oxygen atoms in total. The highest BCUT2D eigenvalue weighted by molar-refractivity contribution is 7.47. The fraction of sp³-hybridized carbons (Fsp3) is 0.828. The Morgan fingerprint density at radius 3 is 2.29 bits per heavy atom. The normalized spacial score (nSPS) is 22.4. The lowest BCUT2D eigenvalue weighted by Gasteiger charge is -2.23. The molecule has 0 spiro atoms. The van der Waals surface area contributed by atoms with E-state index in [-0.39, 0.29) is 37.7 Å². The number of aromatic nitrogens is 2. The van der Waals surface area contributed by atoms with Crippen molar-refractivity contribution < 1.29 is 42.2 Å². The third-order valence-electron chi connectivity index (χ3n) is 7.47. The van der Waals surface area contributed by atoms with Crippen LogP contribution in [-0.4, -0.2) is 65.2 Å². The second kappa shape index (κ2) is 18.8. The number of carbonyl (C=O) groups excluding carboxylic acids is 1. The monoisotopic (exact) mass is 615 g/mol. The number of rotatable bonds is 23. The van der Waals surface area contributed by atoms with Crippen LogP contribution in [0.25, 0.3) is 0 Å². The predicted molar refractivity (Wildman–Crippen MR) is 155 cm³/mol. The Balaban J connectivity index is 1.41. The van der Waals surface area contributed by atoms with Crippen molar-refractivity contribution in [3.63, 3.8) is 0 Å². The number of carbonyl (C=O) groups is 1. The summed E-state index contributed by atoms with van der Waals surface area (Å²) in [5, 5.41) is 7.75. The van der Waals surface area contributed by atoms with Crippen LogP contribution in [0.4, 0.5) is 0 Å². The van der Waals surface area contributed by atoms with Gasteiger partial charge in [0, 0.05) is 19.2 Å². The fourth-order valence-corrected chi connectivity index (χ4v) is 5.92. The van der Waals surface area contributed by atoms with Crippen molar-refractivity contribution in [2.75, 3.05) is 26.4 Å². The van der Waals surface area contributed by atoms with E-state index in [0.717, 1.165) is 19.3 Å². The quantitative estimate of drug-likeness (QED) is 0.0906. The highest BCUT2D eigenvalue weighted by atomic mass is 31.2. The van der Waals surface area contributed by atoms with Gasteiger partial charge in [-0.3, -0.25) is 23.8 Å². The molecule has 2 aliphatic rings. The molecule has 1 unspecified atom stereocenters. The molecule has 2 aliphatic heterocycles. The average molecular weight is 616 g/mol. The average Bonchev–Trinajstić information content (AvgIpc) is 3.47. The number of nitrogens with one attached hydrogen (secondary N) is 1. The molecule has 0 aromatic carbocycles. The molecule has 0 amide bonds. The van der Waals surface area contributed by atoms with Crippen LogP contribution < -0.4 is 10.2 Å². The maximum absolute atomic E-state index is 12.8. The summed E-state index contributed by atoms with van der Waals surface area (Å²) in [7, 11) is -4.38. The first-order valence-electron chi connectivity index (χ1n) is 15.7. The Morgan fingerprint density at radius 2 is 1.64 bits per heavy atom. The maximum Gasteiger partial charge on any atom is 0.472 e. The van der Waals surface area contributed by atoms with Crippen molar-refractivity contribution in [2.45, 2.75) is 128 Å². The van der Waals surface area contributed by atoms with Crippen LogP contribution in [0, 0.1) is 5.41 Å². The zero-order valence-electron chi connectivity index (χ0n) is 25.2. The number of fused-ring (bicyclic) bond motifs is 3. The lowest BCUT2D eigenvalue weighted by atomic mass is 10.0. The molecule has 3 heterocycles. The summed E-state index contributed by atoms with van der Waals surface area (Å²) in [5.41, 5.74) is 0.0301. The Bertz CT molecular complexity index is 1040. The molecule has 13 heteroatoms. The van der Waals surface area contributed by atoms with E-state index in [2.05, 4.69) is 11.9 Å². The van der Waals surface area contributed by atoms with Crippen molar-refractivity contribution in [3.05, 3.63) is 17.8 Å². The molecular formula is C29H50N3O9P. The van der Waals surface area contributed by atoms with Crippen LogP contribution in [0.2, 0.25) is 0 Å². The Hall–Kier alpha value is -1.82. The smallest absolute Gasteiger partial charge is 0.455 e. The van der Waals surface area contributed by atoms with Gasteiger partial charge in [-0.2, -0.15) is 4.98 Å². The second-order valence-corrected chi connectivity index (χ2v) is 12.3. The first-order valence-corrected chi connectivity index (χ1v) is 17.2. The molecule has 0 bridgehead atoms. The Labute approximate surface area is 249 Å². The van der Waals surface area contributed by atoms with E-state index in [0.29, 0.717) is 6.61 Å². The Morgan fingerprint density at radius 1 is 1.00 bits per heavy atom. The third kappa shape index (κ3) is 11.7. The van der Waals surface area contributed by atoms with Crippen molar-refractivity contribution in [1.29, 1.82) is 5.41 Å². The molecular weight excluding hydrogens is 565 g/mol. The van der Waals surface area contributed by atoms with Gasteiger partial charge in [0.15, 0.2) is 23.9 Å². The van der Waals surface area contributed by atoms with Crippen molar-refractivity contribution in [2.24, 2.45) is 0 Å². The van der Waals surface area contributed by atoms with E-state index < -0.39 is 38.3 Å². The third-order valence-corrected chi connectivity index (χ3v) is 8.46. The van der Waals surface area contributed by atoms with E-state index in [1.165, 1.54) is 70.3 Å². The summed E-state index contributed by atoms with van der Waals surface area (Å²) in [6.45, 7) is 4.20. The van der Waals surface area contributed by atoms with Gasteiger partial charge in [0.2, 0.25) is 0 Å². The summed E-state index contributed by atoms with van der Waals surface area (Å²) in [5.74, 6) is -0.392. The first kappa shape index (κ1) is 34.7.